The Morgan fingerprint density at radius 1 is 1.15 bits per heavy atom. The molecule has 1 aliphatic heterocycles. The molecule has 27 heavy (non-hydrogen) atoms. The molecule has 0 saturated carbocycles. The highest BCUT2D eigenvalue weighted by Crippen LogP contribution is 2.09. The van der Waals surface area contributed by atoms with Crippen LogP contribution >= 0.6 is 0 Å². The minimum absolute atomic E-state index is 0.184. The molecule has 0 unspecified atom stereocenters. The largest absolute Gasteiger partial charge is 0.339 e. The second-order valence-corrected chi connectivity index (χ2v) is 8.15. The molecule has 0 spiro atoms. The molecule has 1 saturated heterocycles. The van der Waals surface area contributed by atoms with Gasteiger partial charge >= 0.3 is 0 Å². The Morgan fingerprint density at radius 2 is 1.81 bits per heavy atom. The maximum atomic E-state index is 12.5. The summed E-state index contributed by atoms with van der Waals surface area (Å²) in [4.78, 5) is 18.4. The summed E-state index contributed by atoms with van der Waals surface area (Å²) in [5, 5.41) is 5.11. The van der Waals surface area contributed by atoms with Crippen molar-refractivity contribution in [3.8, 4) is 0 Å². The Balaban J connectivity index is 1.53. The number of imidazole rings is 1. The quantitative estimate of drug-likeness (QED) is 0.662. The fraction of sp³-hybridized carbons (Fsp3) is 0.412. The van der Waals surface area contributed by atoms with E-state index in [1.54, 1.807) is 11.2 Å². The topological polar surface area (TPSA) is 128 Å². The van der Waals surface area contributed by atoms with Gasteiger partial charge in [0.25, 0.3) is 10.2 Å². The number of hydrogen-bond acceptors (Lipinski definition) is 5. The third kappa shape index (κ3) is 5.13. The van der Waals surface area contributed by atoms with E-state index >= 15 is 0 Å². The Kier molecular flexibility index (Phi) is 5.90. The van der Waals surface area contributed by atoms with Crippen LogP contribution in [0, 0.1) is 0 Å². The summed E-state index contributed by atoms with van der Waals surface area (Å²) < 4.78 is 25.8. The molecule has 1 aliphatic rings. The summed E-state index contributed by atoms with van der Waals surface area (Å²) in [6, 6.07) is 9.29. The van der Waals surface area contributed by atoms with Crippen molar-refractivity contribution in [2.24, 2.45) is 10.9 Å². The van der Waals surface area contributed by atoms with Gasteiger partial charge in [-0.1, -0.05) is 30.3 Å². The van der Waals surface area contributed by atoms with Crippen molar-refractivity contribution in [2.75, 3.05) is 26.2 Å². The predicted molar refractivity (Wildman–Crippen MR) is 101 cm³/mol. The number of amides is 1. The lowest BCUT2D eigenvalue weighted by atomic mass is 10.1. The predicted octanol–water partition coefficient (Wildman–Crippen LogP) is -0.851. The van der Waals surface area contributed by atoms with Crippen LogP contribution in [-0.4, -0.2) is 65.3 Å². The Hall–Kier alpha value is -2.27. The van der Waals surface area contributed by atoms with E-state index in [2.05, 4.69) is 4.98 Å². The first-order valence-corrected chi connectivity index (χ1v) is 10.2. The van der Waals surface area contributed by atoms with Crippen molar-refractivity contribution in [1.29, 1.82) is 0 Å². The molecule has 0 bridgehead atoms. The van der Waals surface area contributed by atoms with Crippen LogP contribution in [0.3, 0.4) is 0 Å². The number of hydrogen-bond donors (Lipinski definition) is 2. The smallest absolute Gasteiger partial charge is 0.277 e. The van der Waals surface area contributed by atoms with Crippen LogP contribution in [-0.2, 0) is 28.0 Å². The highest BCUT2D eigenvalue weighted by atomic mass is 32.2. The molecular formula is C17H24N6O3S. The highest BCUT2D eigenvalue weighted by molar-refractivity contribution is 7.86. The lowest BCUT2D eigenvalue weighted by molar-refractivity contribution is -0.133. The molecule has 146 valence electrons. The van der Waals surface area contributed by atoms with Gasteiger partial charge in [0, 0.05) is 45.3 Å². The first kappa shape index (κ1) is 19.5. The van der Waals surface area contributed by atoms with E-state index in [-0.39, 0.29) is 32.1 Å². The second kappa shape index (κ2) is 8.17. The van der Waals surface area contributed by atoms with Crippen molar-refractivity contribution in [3.05, 3.63) is 54.1 Å². The molecule has 3 rings (SSSR count). The second-order valence-electron chi connectivity index (χ2n) is 6.60. The van der Waals surface area contributed by atoms with Crippen molar-refractivity contribution in [3.63, 3.8) is 0 Å². The maximum absolute atomic E-state index is 12.5. The molecule has 1 aromatic heterocycles. The van der Waals surface area contributed by atoms with Crippen LogP contribution in [0.25, 0.3) is 0 Å². The number of piperazine rings is 1. The number of carbonyl (C=O) groups excluding carboxylic acids is 1. The summed E-state index contributed by atoms with van der Waals surface area (Å²) in [5.41, 5.74) is 7.97. The first-order chi connectivity index (χ1) is 12.8. The summed E-state index contributed by atoms with van der Waals surface area (Å²) in [6.07, 6.45) is 3.94. The van der Waals surface area contributed by atoms with Gasteiger partial charge in [0.2, 0.25) is 5.91 Å². The Morgan fingerprint density at radius 3 is 2.44 bits per heavy atom. The summed E-state index contributed by atoms with van der Waals surface area (Å²) in [6.45, 7) is 1.63. The number of benzene rings is 1. The van der Waals surface area contributed by atoms with E-state index in [0.717, 1.165) is 15.6 Å². The summed E-state index contributed by atoms with van der Waals surface area (Å²) in [7, 11) is -3.72. The molecule has 9 nitrogen and oxygen atoms in total. The summed E-state index contributed by atoms with van der Waals surface area (Å²) >= 11 is 0. The monoisotopic (exact) mass is 392 g/mol. The van der Waals surface area contributed by atoms with Crippen LogP contribution in [0.5, 0.6) is 0 Å². The molecule has 1 atom stereocenters. The fourth-order valence-electron chi connectivity index (χ4n) is 3.10. The zero-order valence-electron chi connectivity index (χ0n) is 14.9. The standard InChI is InChI=1S/C17H24N6O3S/c18-16(17(24)22-6-8-23(9-7-22)27(19,25)26)10-15-12-21(13-20-15)11-14-4-2-1-3-5-14/h1-5,12-13,16H,6-11,18H2,(H2,19,25,26)/t16-/m0/s1. The van der Waals surface area contributed by atoms with Gasteiger partial charge in [-0.15, -0.1) is 0 Å². The van der Waals surface area contributed by atoms with Crippen LogP contribution in [0.1, 0.15) is 11.3 Å². The number of nitrogens with two attached hydrogens (primary N) is 2. The zero-order chi connectivity index (χ0) is 19.4. The van der Waals surface area contributed by atoms with Crippen LogP contribution < -0.4 is 10.9 Å². The Bertz CT molecular complexity index is 875. The van der Waals surface area contributed by atoms with E-state index < -0.39 is 16.3 Å². The van der Waals surface area contributed by atoms with E-state index in [1.165, 1.54) is 0 Å². The molecule has 10 heteroatoms. The van der Waals surface area contributed by atoms with Crippen molar-refractivity contribution >= 4 is 16.1 Å². The molecule has 1 amide bonds. The minimum atomic E-state index is -3.72. The lowest BCUT2D eigenvalue weighted by Crippen LogP contribution is -2.55. The minimum Gasteiger partial charge on any atom is -0.339 e. The molecular weight excluding hydrogens is 368 g/mol. The molecule has 2 heterocycles. The number of aromatic nitrogens is 2. The average molecular weight is 392 g/mol. The zero-order valence-corrected chi connectivity index (χ0v) is 15.8. The Labute approximate surface area is 158 Å². The summed E-state index contributed by atoms with van der Waals surface area (Å²) in [5.74, 6) is -0.207. The van der Waals surface area contributed by atoms with Gasteiger partial charge in [-0.05, 0) is 5.56 Å². The van der Waals surface area contributed by atoms with E-state index in [4.69, 9.17) is 10.9 Å². The van der Waals surface area contributed by atoms with Gasteiger partial charge in [-0.25, -0.2) is 10.1 Å². The first-order valence-electron chi connectivity index (χ1n) is 8.70. The van der Waals surface area contributed by atoms with Crippen LogP contribution in [0.2, 0.25) is 0 Å². The number of carbonyl (C=O) groups is 1. The van der Waals surface area contributed by atoms with Crippen LogP contribution in [0.4, 0.5) is 0 Å². The van der Waals surface area contributed by atoms with Gasteiger partial charge in [0.05, 0.1) is 18.1 Å². The number of nitrogens with zero attached hydrogens (tertiary/aromatic N) is 4. The fourth-order valence-corrected chi connectivity index (χ4v) is 3.77. The molecule has 4 N–H and O–H groups in total. The highest BCUT2D eigenvalue weighted by Gasteiger charge is 2.29. The van der Waals surface area contributed by atoms with Gasteiger partial charge in [0.1, 0.15) is 0 Å². The molecule has 1 aromatic carbocycles. The lowest BCUT2D eigenvalue weighted by Gasteiger charge is -2.34. The third-order valence-corrected chi connectivity index (χ3v) is 5.64. The molecule has 2 aromatic rings. The van der Waals surface area contributed by atoms with Crippen molar-refractivity contribution in [1.82, 2.24) is 18.8 Å². The van der Waals surface area contributed by atoms with E-state index in [1.807, 2.05) is 41.1 Å². The van der Waals surface area contributed by atoms with Gasteiger partial charge in [-0.3, -0.25) is 4.79 Å². The SMILES string of the molecule is N[C@@H](Cc1cn(Cc2ccccc2)cn1)C(=O)N1CCN(S(N)(=O)=O)CC1. The van der Waals surface area contributed by atoms with Gasteiger partial charge in [0.15, 0.2) is 0 Å². The molecule has 1 fully saturated rings. The number of rotatable bonds is 6. The molecule has 0 radical (unpaired) electrons. The maximum Gasteiger partial charge on any atom is 0.277 e. The van der Waals surface area contributed by atoms with Crippen molar-refractivity contribution in [2.45, 2.75) is 19.0 Å². The van der Waals surface area contributed by atoms with Gasteiger partial charge in [-0.2, -0.15) is 12.7 Å². The molecule has 0 aliphatic carbocycles. The normalized spacial score (nSPS) is 17.0. The van der Waals surface area contributed by atoms with Crippen LogP contribution in [0.15, 0.2) is 42.9 Å². The van der Waals surface area contributed by atoms with E-state index in [9.17, 15) is 13.2 Å². The van der Waals surface area contributed by atoms with Gasteiger partial charge < -0.3 is 15.2 Å². The van der Waals surface area contributed by atoms with E-state index in [0.29, 0.717) is 13.0 Å². The van der Waals surface area contributed by atoms with Crippen molar-refractivity contribution < 1.29 is 13.2 Å². The average Bonchev–Trinajstić information content (AvgIpc) is 3.08. The third-order valence-electron chi connectivity index (χ3n) is 4.55.